The van der Waals surface area contributed by atoms with Crippen molar-refractivity contribution in [3.05, 3.63) is 80.9 Å². The second-order valence-corrected chi connectivity index (χ2v) is 8.44. The molecule has 1 aliphatic heterocycles. The van der Waals surface area contributed by atoms with Crippen molar-refractivity contribution in [1.82, 2.24) is 9.80 Å². The molecule has 0 saturated heterocycles. The van der Waals surface area contributed by atoms with Crippen molar-refractivity contribution in [1.29, 1.82) is 0 Å². The van der Waals surface area contributed by atoms with Crippen molar-refractivity contribution < 1.29 is 9.21 Å². The minimum atomic E-state index is 0.0839. The van der Waals surface area contributed by atoms with Gasteiger partial charge in [0.05, 0.1) is 18.0 Å². The fourth-order valence-electron chi connectivity index (χ4n) is 3.40. The molecule has 1 aliphatic rings. The highest BCUT2D eigenvalue weighted by Gasteiger charge is 2.25. The highest BCUT2D eigenvalue weighted by Crippen LogP contribution is 2.27. The Hall–Kier alpha value is -2.63. The molecule has 2 aromatic heterocycles. The van der Waals surface area contributed by atoms with E-state index >= 15 is 0 Å². The molecule has 1 amide bonds. The Morgan fingerprint density at radius 1 is 1.18 bits per heavy atom. The number of rotatable bonds is 5. The summed E-state index contributed by atoms with van der Waals surface area (Å²) >= 11 is 1.53. The van der Waals surface area contributed by atoms with Crippen LogP contribution in [0.15, 0.2) is 52.9 Å². The van der Waals surface area contributed by atoms with Crippen molar-refractivity contribution in [2.24, 2.45) is 0 Å². The maximum absolute atomic E-state index is 12.9. The van der Waals surface area contributed by atoms with Crippen LogP contribution in [0.5, 0.6) is 0 Å². The van der Waals surface area contributed by atoms with E-state index in [0.29, 0.717) is 6.54 Å². The molecule has 0 bridgehead atoms. The second kappa shape index (κ2) is 8.17. The van der Waals surface area contributed by atoms with Crippen molar-refractivity contribution in [2.75, 3.05) is 20.6 Å². The van der Waals surface area contributed by atoms with Crippen LogP contribution in [-0.2, 0) is 19.5 Å². The van der Waals surface area contributed by atoms with Crippen LogP contribution in [0.4, 0.5) is 0 Å². The molecule has 144 valence electrons. The van der Waals surface area contributed by atoms with Crippen molar-refractivity contribution in [2.45, 2.75) is 19.5 Å². The van der Waals surface area contributed by atoms with Gasteiger partial charge in [-0.2, -0.15) is 0 Å². The minimum absolute atomic E-state index is 0.0839. The molecule has 0 aliphatic carbocycles. The van der Waals surface area contributed by atoms with Crippen molar-refractivity contribution in [3.63, 3.8) is 0 Å². The van der Waals surface area contributed by atoms with Crippen LogP contribution in [0.1, 0.15) is 37.2 Å². The van der Waals surface area contributed by atoms with Crippen LogP contribution < -0.4 is 0 Å². The Morgan fingerprint density at radius 3 is 2.79 bits per heavy atom. The predicted octanol–water partition coefficient (Wildman–Crippen LogP) is 4.77. The SMILES string of the molecule is CN(C)Cc1cc2c(o1)CN(C(=O)c1ccc(/C=C/c3ccccc3)s1)CC2. The minimum Gasteiger partial charge on any atom is -0.463 e. The van der Waals surface area contributed by atoms with Gasteiger partial charge in [0.2, 0.25) is 0 Å². The number of amides is 1. The van der Waals surface area contributed by atoms with E-state index < -0.39 is 0 Å². The first-order valence-electron chi connectivity index (χ1n) is 9.46. The Balaban J connectivity index is 1.43. The third kappa shape index (κ3) is 4.26. The van der Waals surface area contributed by atoms with E-state index in [9.17, 15) is 4.79 Å². The maximum Gasteiger partial charge on any atom is 0.264 e. The van der Waals surface area contributed by atoms with Crippen LogP contribution in [0.25, 0.3) is 12.2 Å². The van der Waals surface area contributed by atoms with E-state index in [1.54, 1.807) is 0 Å². The van der Waals surface area contributed by atoms with Crippen LogP contribution in [-0.4, -0.2) is 36.3 Å². The molecule has 0 spiro atoms. The lowest BCUT2D eigenvalue weighted by Crippen LogP contribution is -2.35. The zero-order valence-electron chi connectivity index (χ0n) is 16.2. The summed E-state index contributed by atoms with van der Waals surface area (Å²) in [7, 11) is 4.05. The number of hydrogen-bond acceptors (Lipinski definition) is 4. The first-order valence-corrected chi connectivity index (χ1v) is 10.3. The molecule has 0 fully saturated rings. The molecule has 0 N–H and O–H groups in total. The second-order valence-electron chi connectivity index (χ2n) is 7.32. The highest BCUT2D eigenvalue weighted by atomic mass is 32.1. The Kier molecular flexibility index (Phi) is 5.46. The van der Waals surface area contributed by atoms with Gasteiger partial charge in [0.15, 0.2) is 0 Å². The number of fused-ring (bicyclic) bond motifs is 1. The normalized spacial score (nSPS) is 14.0. The molecular weight excluding hydrogens is 368 g/mol. The average molecular weight is 393 g/mol. The maximum atomic E-state index is 12.9. The quantitative estimate of drug-likeness (QED) is 0.627. The van der Waals surface area contributed by atoms with Gasteiger partial charge in [-0.15, -0.1) is 11.3 Å². The van der Waals surface area contributed by atoms with Gasteiger partial charge in [-0.05, 0) is 55.9 Å². The number of benzene rings is 1. The van der Waals surface area contributed by atoms with E-state index in [0.717, 1.165) is 46.3 Å². The lowest BCUT2D eigenvalue weighted by atomic mass is 10.1. The van der Waals surface area contributed by atoms with Crippen molar-refractivity contribution >= 4 is 29.4 Å². The molecule has 28 heavy (non-hydrogen) atoms. The first-order chi connectivity index (χ1) is 13.6. The average Bonchev–Trinajstić information content (AvgIpc) is 3.32. The smallest absolute Gasteiger partial charge is 0.264 e. The predicted molar refractivity (Wildman–Crippen MR) is 114 cm³/mol. The third-order valence-electron chi connectivity index (χ3n) is 4.77. The van der Waals surface area contributed by atoms with Crippen LogP contribution in [0, 0.1) is 0 Å². The number of hydrogen-bond donors (Lipinski definition) is 0. The van der Waals surface area contributed by atoms with Gasteiger partial charge in [0.1, 0.15) is 11.5 Å². The molecule has 3 aromatic rings. The fourth-order valence-corrected chi connectivity index (χ4v) is 4.28. The number of carbonyl (C=O) groups excluding carboxylic acids is 1. The largest absolute Gasteiger partial charge is 0.463 e. The molecule has 3 heterocycles. The zero-order chi connectivity index (χ0) is 19.5. The van der Waals surface area contributed by atoms with E-state index in [2.05, 4.69) is 35.3 Å². The summed E-state index contributed by atoms with van der Waals surface area (Å²) < 4.78 is 5.98. The molecule has 0 atom stereocenters. The monoisotopic (exact) mass is 392 g/mol. The van der Waals surface area contributed by atoms with Gasteiger partial charge in [0.25, 0.3) is 5.91 Å². The van der Waals surface area contributed by atoms with Gasteiger partial charge < -0.3 is 14.2 Å². The molecule has 4 nitrogen and oxygen atoms in total. The molecule has 4 rings (SSSR count). The molecular formula is C23H24N2O2S. The zero-order valence-corrected chi connectivity index (χ0v) is 17.0. The lowest BCUT2D eigenvalue weighted by Gasteiger charge is -2.25. The summed E-state index contributed by atoms with van der Waals surface area (Å²) in [5.41, 5.74) is 2.39. The van der Waals surface area contributed by atoms with Gasteiger partial charge in [0, 0.05) is 11.4 Å². The van der Waals surface area contributed by atoms with E-state index in [4.69, 9.17) is 4.42 Å². The van der Waals surface area contributed by atoms with Crippen LogP contribution >= 0.6 is 11.3 Å². The van der Waals surface area contributed by atoms with Gasteiger partial charge in [-0.1, -0.05) is 36.4 Å². The van der Waals surface area contributed by atoms with Crippen molar-refractivity contribution in [3.8, 4) is 0 Å². The molecule has 0 radical (unpaired) electrons. The van der Waals surface area contributed by atoms with E-state index in [1.807, 2.05) is 49.3 Å². The van der Waals surface area contributed by atoms with E-state index in [1.165, 1.54) is 16.9 Å². The van der Waals surface area contributed by atoms with E-state index in [-0.39, 0.29) is 5.91 Å². The van der Waals surface area contributed by atoms with Gasteiger partial charge >= 0.3 is 0 Å². The highest BCUT2D eigenvalue weighted by molar-refractivity contribution is 7.14. The number of furan rings is 1. The summed E-state index contributed by atoms with van der Waals surface area (Å²) in [5, 5.41) is 0. The fraction of sp³-hybridized carbons (Fsp3) is 0.261. The molecule has 5 heteroatoms. The summed E-state index contributed by atoms with van der Waals surface area (Å²) in [6.45, 7) is 2.07. The van der Waals surface area contributed by atoms with Crippen LogP contribution in [0.3, 0.4) is 0 Å². The molecule has 0 unspecified atom stereocenters. The summed E-state index contributed by atoms with van der Waals surface area (Å²) in [6.07, 6.45) is 4.98. The topological polar surface area (TPSA) is 36.7 Å². The Labute approximate surface area is 169 Å². The standard InChI is InChI=1S/C23H24N2O2S/c1-24(2)15-19-14-18-12-13-25(16-21(18)27-19)23(26)22-11-10-20(28-22)9-8-17-6-4-3-5-7-17/h3-11,14H,12-13,15-16H2,1-2H3/b9-8+. The third-order valence-corrected chi connectivity index (χ3v) is 5.81. The number of carbonyl (C=O) groups is 1. The summed E-state index contributed by atoms with van der Waals surface area (Å²) in [4.78, 5) is 18.8. The summed E-state index contributed by atoms with van der Waals surface area (Å²) in [6, 6.07) is 16.2. The Bertz CT molecular complexity index is 985. The lowest BCUT2D eigenvalue weighted by molar-refractivity contribution is 0.0723. The summed E-state index contributed by atoms with van der Waals surface area (Å²) in [5.74, 6) is 1.98. The van der Waals surface area contributed by atoms with Crippen LogP contribution in [0.2, 0.25) is 0 Å². The van der Waals surface area contributed by atoms with Gasteiger partial charge in [-0.25, -0.2) is 0 Å². The van der Waals surface area contributed by atoms with Gasteiger partial charge in [-0.3, -0.25) is 4.79 Å². The molecule has 1 aromatic carbocycles. The molecule has 0 saturated carbocycles. The first kappa shape index (κ1) is 18.7. The number of thiophene rings is 1. The Morgan fingerprint density at radius 2 is 2.00 bits per heavy atom. The number of nitrogens with zero attached hydrogens (tertiary/aromatic N) is 2.